The van der Waals surface area contributed by atoms with E-state index >= 15 is 0 Å². The zero-order valence-corrected chi connectivity index (χ0v) is 12.1. The predicted octanol–water partition coefficient (Wildman–Crippen LogP) is 2.77. The summed E-state index contributed by atoms with van der Waals surface area (Å²) >= 11 is 11.7. The molecule has 0 aromatic heterocycles. The Labute approximate surface area is 126 Å². The van der Waals surface area contributed by atoms with E-state index in [2.05, 4.69) is 10.6 Å². The maximum Gasteiger partial charge on any atom is 0.337 e. The van der Waals surface area contributed by atoms with Crippen molar-refractivity contribution in [2.24, 2.45) is 0 Å². The Morgan fingerprint density at radius 3 is 2.75 bits per heavy atom. The lowest BCUT2D eigenvalue weighted by molar-refractivity contribution is -0.116. The number of carboxylic acids is 1. The number of hydrogen-bond donors (Lipinski definition) is 3. The standard InChI is InChI=1S/C13H14Cl2N2O3/c14-7-4-9(13(19)20)12(10(15)5-7)17-11(18)6-8-2-1-3-16-8/h4-5,8,16H,1-3,6H2,(H,17,18)(H,19,20). The maximum absolute atomic E-state index is 11.9. The zero-order chi connectivity index (χ0) is 14.7. The number of anilines is 1. The molecule has 1 fully saturated rings. The monoisotopic (exact) mass is 316 g/mol. The maximum atomic E-state index is 11.9. The summed E-state index contributed by atoms with van der Waals surface area (Å²) in [5.41, 5.74) is -0.0261. The number of carboxylic acid groups (broad SMARTS) is 1. The van der Waals surface area contributed by atoms with Crippen LogP contribution in [0, 0.1) is 0 Å². The van der Waals surface area contributed by atoms with E-state index in [0.29, 0.717) is 0 Å². The zero-order valence-electron chi connectivity index (χ0n) is 10.6. The van der Waals surface area contributed by atoms with Gasteiger partial charge in [0.2, 0.25) is 5.91 Å². The molecule has 1 atom stereocenters. The Hall–Kier alpha value is -1.30. The number of carbonyl (C=O) groups is 2. The van der Waals surface area contributed by atoms with E-state index in [1.54, 1.807) is 0 Å². The van der Waals surface area contributed by atoms with E-state index in [0.717, 1.165) is 19.4 Å². The van der Waals surface area contributed by atoms with Gasteiger partial charge in [-0.25, -0.2) is 4.79 Å². The fourth-order valence-corrected chi connectivity index (χ4v) is 2.76. The van der Waals surface area contributed by atoms with Crippen molar-refractivity contribution in [2.75, 3.05) is 11.9 Å². The first-order valence-corrected chi connectivity index (χ1v) is 6.98. The average molecular weight is 317 g/mol. The number of halogens is 2. The molecule has 1 aromatic rings. The molecule has 1 amide bonds. The first-order valence-electron chi connectivity index (χ1n) is 6.23. The minimum absolute atomic E-state index is 0.0894. The van der Waals surface area contributed by atoms with E-state index in [-0.39, 0.29) is 39.7 Å². The van der Waals surface area contributed by atoms with E-state index in [1.165, 1.54) is 12.1 Å². The molecule has 1 aromatic carbocycles. The second-order valence-electron chi connectivity index (χ2n) is 4.66. The average Bonchev–Trinajstić information content (AvgIpc) is 2.84. The third-order valence-corrected chi connectivity index (χ3v) is 3.66. The minimum Gasteiger partial charge on any atom is -0.478 e. The molecule has 20 heavy (non-hydrogen) atoms. The van der Waals surface area contributed by atoms with Crippen LogP contribution in [0.15, 0.2) is 12.1 Å². The summed E-state index contributed by atoms with van der Waals surface area (Å²) in [5, 5.41) is 15.2. The number of benzene rings is 1. The molecule has 108 valence electrons. The molecular weight excluding hydrogens is 303 g/mol. The van der Waals surface area contributed by atoms with Crippen molar-refractivity contribution in [2.45, 2.75) is 25.3 Å². The first kappa shape index (κ1) is 15.1. The van der Waals surface area contributed by atoms with Crippen molar-refractivity contribution in [1.29, 1.82) is 0 Å². The van der Waals surface area contributed by atoms with Crippen LogP contribution < -0.4 is 10.6 Å². The Kier molecular flexibility index (Phi) is 4.86. The van der Waals surface area contributed by atoms with Gasteiger partial charge in [-0.2, -0.15) is 0 Å². The van der Waals surface area contributed by atoms with Crippen LogP contribution in [0.1, 0.15) is 29.6 Å². The number of hydrogen-bond acceptors (Lipinski definition) is 3. The fraction of sp³-hybridized carbons (Fsp3) is 0.385. The quantitative estimate of drug-likeness (QED) is 0.798. The molecule has 1 heterocycles. The number of carbonyl (C=O) groups excluding carboxylic acids is 1. The number of aromatic carboxylic acids is 1. The van der Waals surface area contributed by atoms with Crippen molar-refractivity contribution in [3.8, 4) is 0 Å². The SMILES string of the molecule is O=C(CC1CCCN1)Nc1c(Cl)cc(Cl)cc1C(=O)O. The lowest BCUT2D eigenvalue weighted by Gasteiger charge is -2.13. The molecule has 0 aliphatic carbocycles. The molecule has 0 bridgehead atoms. The number of rotatable bonds is 4. The normalized spacial score (nSPS) is 18.0. The Bertz CT molecular complexity index is 543. The molecular formula is C13H14Cl2N2O3. The fourth-order valence-electron chi connectivity index (χ4n) is 2.21. The Morgan fingerprint density at radius 1 is 1.40 bits per heavy atom. The minimum atomic E-state index is -1.19. The van der Waals surface area contributed by atoms with Gasteiger partial charge in [-0.15, -0.1) is 0 Å². The van der Waals surface area contributed by atoms with E-state index in [4.69, 9.17) is 28.3 Å². The van der Waals surface area contributed by atoms with Gasteiger partial charge in [-0.3, -0.25) is 4.79 Å². The van der Waals surface area contributed by atoms with Gasteiger partial charge in [0.15, 0.2) is 0 Å². The highest BCUT2D eigenvalue weighted by molar-refractivity contribution is 6.37. The molecule has 2 rings (SSSR count). The van der Waals surface area contributed by atoms with Gasteiger partial charge in [0.1, 0.15) is 0 Å². The van der Waals surface area contributed by atoms with Crippen molar-refractivity contribution in [1.82, 2.24) is 5.32 Å². The third kappa shape index (κ3) is 3.62. The van der Waals surface area contributed by atoms with Gasteiger partial charge in [0, 0.05) is 17.5 Å². The number of amides is 1. The molecule has 1 unspecified atom stereocenters. The lowest BCUT2D eigenvalue weighted by atomic mass is 10.1. The molecule has 0 saturated carbocycles. The van der Waals surface area contributed by atoms with Crippen LogP contribution in [0.2, 0.25) is 10.0 Å². The van der Waals surface area contributed by atoms with Crippen LogP contribution in [0.4, 0.5) is 5.69 Å². The summed E-state index contributed by atoms with van der Waals surface area (Å²) < 4.78 is 0. The summed E-state index contributed by atoms with van der Waals surface area (Å²) in [5.74, 6) is -1.46. The van der Waals surface area contributed by atoms with Crippen molar-refractivity contribution in [3.05, 3.63) is 27.7 Å². The second-order valence-corrected chi connectivity index (χ2v) is 5.50. The molecule has 0 spiro atoms. The largest absolute Gasteiger partial charge is 0.478 e. The highest BCUT2D eigenvalue weighted by Crippen LogP contribution is 2.30. The predicted molar refractivity (Wildman–Crippen MR) is 77.7 cm³/mol. The van der Waals surface area contributed by atoms with Gasteiger partial charge in [0.25, 0.3) is 0 Å². The van der Waals surface area contributed by atoms with Crippen LogP contribution in [-0.4, -0.2) is 29.6 Å². The number of nitrogens with one attached hydrogen (secondary N) is 2. The summed E-state index contributed by atoms with van der Waals surface area (Å²) in [6.07, 6.45) is 2.27. The summed E-state index contributed by atoms with van der Waals surface area (Å²) in [6, 6.07) is 2.80. The summed E-state index contributed by atoms with van der Waals surface area (Å²) in [6.45, 7) is 0.903. The first-order chi connectivity index (χ1) is 9.47. The van der Waals surface area contributed by atoms with Gasteiger partial charge >= 0.3 is 5.97 Å². The lowest BCUT2D eigenvalue weighted by Crippen LogP contribution is -2.28. The van der Waals surface area contributed by atoms with E-state index < -0.39 is 5.97 Å². The Balaban J connectivity index is 2.15. The van der Waals surface area contributed by atoms with Gasteiger partial charge in [-0.05, 0) is 31.5 Å². The van der Waals surface area contributed by atoms with Crippen molar-refractivity contribution >= 4 is 40.8 Å². The molecule has 7 heteroatoms. The highest BCUT2D eigenvalue weighted by Gasteiger charge is 2.21. The van der Waals surface area contributed by atoms with Crippen LogP contribution in [-0.2, 0) is 4.79 Å². The third-order valence-electron chi connectivity index (χ3n) is 3.14. The highest BCUT2D eigenvalue weighted by atomic mass is 35.5. The van der Waals surface area contributed by atoms with Crippen LogP contribution in [0.25, 0.3) is 0 Å². The Morgan fingerprint density at radius 2 is 2.15 bits per heavy atom. The van der Waals surface area contributed by atoms with E-state index in [9.17, 15) is 9.59 Å². The summed E-state index contributed by atoms with van der Waals surface area (Å²) in [7, 11) is 0. The second kappa shape index (κ2) is 6.43. The topological polar surface area (TPSA) is 78.4 Å². The summed E-state index contributed by atoms with van der Waals surface area (Å²) in [4.78, 5) is 23.1. The smallest absolute Gasteiger partial charge is 0.337 e. The molecule has 1 aliphatic heterocycles. The molecule has 1 aliphatic rings. The molecule has 1 saturated heterocycles. The molecule has 0 radical (unpaired) electrons. The van der Waals surface area contributed by atoms with Gasteiger partial charge in [-0.1, -0.05) is 23.2 Å². The van der Waals surface area contributed by atoms with Crippen LogP contribution in [0.5, 0.6) is 0 Å². The van der Waals surface area contributed by atoms with Gasteiger partial charge in [0.05, 0.1) is 16.3 Å². The van der Waals surface area contributed by atoms with Crippen LogP contribution in [0.3, 0.4) is 0 Å². The van der Waals surface area contributed by atoms with Crippen LogP contribution >= 0.6 is 23.2 Å². The van der Waals surface area contributed by atoms with E-state index in [1.807, 2.05) is 0 Å². The molecule has 3 N–H and O–H groups in total. The van der Waals surface area contributed by atoms with Gasteiger partial charge < -0.3 is 15.7 Å². The van der Waals surface area contributed by atoms with Crippen molar-refractivity contribution in [3.63, 3.8) is 0 Å². The van der Waals surface area contributed by atoms with Crippen molar-refractivity contribution < 1.29 is 14.7 Å². The molecule has 5 nitrogen and oxygen atoms in total.